The van der Waals surface area contributed by atoms with Crippen LogP contribution in [0.4, 0.5) is 0 Å². The zero-order valence-corrected chi connectivity index (χ0v) is 14.2. The van der Waals surface area contributed by atoms with Gasteiger partial charge < -0.3 is 14.0 Å². The Morgan fingerprint density at radius 1 is 1.21 bits per heavy atom. The molecule has 24 heavy (non-hydrogen) atoms. The number of carbonyl (C=O) groups is 1. The van der Waals surface area contributed by atoms with E-state index in [0.29, 0.717) is 13.2 Å². The minimum absolute atomic E-state index is 0.0833. The van der Waals surface area contributed by atoms with E-state index in [2.05, 4.69) is 12.1 Å². The lowest BCUT2D eigenvalue weighted by atomic mass is 10.0. The van der Waals surface area contributed by atoms with Gasteiger partial charge in [0.25, 0.3) is 0 Å². The number of ether oxygens (including phenoxy) is 2. The third kappa shape index (κ3) is 1.65. The maximum absolute atomic E-state index is 12.4. The molecule has 0 saturated carbocycles. The van der Waals surface area contributed by atoms with E-state index in [1.165, 1.54) is 0 Å². The standard InChI is InChI=1S/C19H15NO3S/c1-10-8-13(21)17-15(10)16-11(4-3-5-12(16)20(17)2)19-18-14(9-24-19)22-6-7-23-18/h3-5,8-9H,6-7H2,1-2H3. The first kappa shape index (κ1) is 13.9. The quantitative estimate of drug-likeness (QED) is 0.665. The number of carbonyl (C=O) groups excluding carboxylic acids is 1. The number of allylic oxidation sites excluding steroid dienone is 2. The molecular weight excluding hydrogens is 322 g/mol. The number of aromatic nitrogens is 1. The number of rotatable bonds is 1. The maximum atomic E-state index is 12.4. The van der Waals surface area contributed by atoms with Crippen LogP contribution in [0, 0.1) is 0 Å². The first-order chi connectivity index (χ1) is 11.7. The topological polar surface area (TPSA) is 40.5 Å². The molecule has 0 radical (unpaired) electrons. The van der Waals surface area contributed by atoms with Gasteiger partial charge in [-0.3, -0.25) is 4.79 Å². The van der Waals surface area contributed by atoms with Gasteiger partial charge in [-0.25, -0.2) is 0 Å². The van der Waals surface area contributed by atoms with Crippen LogP contribution < -0.4 is 9.47 Å². The van der Waals surface area contributed by atoms with Gasteiger partial charge in [0.2, 0.25) is 5.78 Å². The molecular formula is C19H15NO3S. The molecule has 0 N–H and O–H groups in total. The molecule has 0 spiro atoms. The van der Waals surface area contributed by atoms with E-state index in [-0.39, 0.29) is 5.78 Å². The molecule has 0 amide bonds. The molecule has 1 aliphatic heterocycles. The summed E-state index contributed by atoms with van der Waals surface area (Å²) in [4.78, 5) is 13.4. The van der Waals surface area contributed by atoms with Crippen molar-refractivity contribution in [3.63, 3.8) is 0 Å². The Balaban J connectivity index is 1.87. The molecule has 1 aliphatic carbocycles. The van der Waals surface area contributed by atoms with Crippen LogP contribution in [0.3, 0.4) is 0 Å². The van der Waals surface area contributed by atoms with Crippen molar-refractivity contribution < 1.29 is 14.3 Å². The van der Waals surface area contributed by atoms with Gasteiger partial charge in [0.1, 0.15) is 13.2 Å². The molecule has 2 aromatic heterocycles. The molecule has 5 heteroatoms. The van der Waals surface area contributed by atoms with Crippen molar-refractivity contribution in [1.29, 1.82) is 0 Å². The lowest BCUT2D eigenvalue weighted by molar-refractivity contribution is 0.104. The third-order valence-electron chi connectivity index (χ3n) is 4.75. The molecule has 5 rings (SSSR count). The van der Waals surface area contributed by atoms with Crippen molar-refractivity contribution in [2.75, 3.05) is 13.2 Å². The molecule has 0 atom stereocenters. The SMILES string of the molecule is CC1=CC(=O)c2c1c1c(-c3scc4c3OCCO4)cccc1n2C. The molecule has 0 fully saturated rings. The van der Waals surface area contributed by atoms with Gasteiger partial charge in [-0.1, -0.05) is 12.1 Å². The van der Waals surface area contributed by atoms with Crippen LogP contribution >= 0.6 is 11.3 Å². The van der Waals surface area contributed by atoms with Crippen LogP contribution in [0.1, 0.15) is 23.0 Å². The first-order valence-corrected chi connectivity index (χ1v) is 8.76. The van der Waals surface area contributed by atoms with Crippen LogP contribution in [-0.2, 0) is 7.05 Å². The Morgan fingerprint density at radius 3 is 2.92 bits per heavy atom. The highest BCUT2D eigenvalue weighted by atomic mass is 32.1. The molecule has 0 unspecified atom stereocenters. The average Bonchev–Trinajstić information content (AvgIpc) is 3.22. The number of benzene rings is 1. The Labute approximate surface area is 142 Å². The number of fused-ring (bicyclic) bond motifs is 4. The van der Waals surface area contributed by atoms with Crippen molar-refractivity contribution in [2.24, 2.45) is 7.05 Å². The second-order valence-corrected chi connectivity index (χ2v) is 7.01. The summed E-state index contributed by atoms with van der Waals surface area (Å²) in [6.07, 6.45) is 1.73. The summed E-state index contributed by atoms with van der Waals surface area (Å²) in [5, 5.41) is 3.12. The van der Waals surface area contributed by atoms with E-state index in [4.69, 9.17) is 9.47 Å². The van der Waals surface area contributed by atoms with E-state index in [0.717, 1.165) is 49.7 Å². The predicted octanol–water partition coefficient (Wildman–Crippen LogP) is 4.28. The zero-order chi connectivity index (χ0) is 16.4. The van der Waals surface area contributed by atoms with Gasteiger partial charge in [0.05, 0.1) is 10.6 Å². The van der Waals surface area contributed by atoms with E-state index in [1.807, 2.05) is 30.0 Å². The largest absolute Gasteiger partial charge is 0.485 e. The van der Waals surface area contributed by atoms with Crippen LogP contribution in [-0.4, -0.2) is 23.6 Å². The summed E-state index contributed by atoms with van der Waals surface area (Å²) in [5.41, 5.74) is 5.01. The molecule has 4 nitrogen and oxygen atoms in total. The molecule has 3 aromatic rings. The van der Waals surface area contributed by atoms with Gasteiger partial charge in [0.15, 0.2) is 11.5 Å². The molecule has 1 aromatic carbocycles. The monoisotopic (exact) mass is 337 g/mol. The number of nitrogens with zero attached hydrogens (tertiary/aromatic N) is 1. The van der Waals surface area contributed by atoms with Gasteiger partial charge in [-0.15, -0.1) is 11.3 Å². The van der Waals surface area contributed by atoms with E-state index in [1.54, 1.807) is 17.4 Å². The lowest BCUT2D eigenvalue weighted by Crippen LogP contribution is -2.14. The summed E-state index contributed by atoms with van der Waals surface area (Å²) in [6, 6.07) is 6.20. The van der Waals surface area contributed by atoms with Gasteiger partial charge in [0, 0.05) is 34.5 Å². The highest BCUT2D eigenvalue weighted by molar-refractivity contribution is 7.14. The summed E-state index contributed by atoms with van der Waals surface area (Å²) < 4.78 is 13.6. The third-order valence-corrected chi connectivity index (χ3v) is 5.72. The number of hydrogen-bond acceptors (Lipinski definition) is 4. The molecule has 0 bridgehead atoms. The highest BCUT2D eigenvalue weighted by Gasteiger charge is 2.29. The highest BCUT2D eigenvalue weighted by Crippen LogP contribution is 2.49. The fraction of sp³-hybridized carbons (Fsp3) is 0.211. The molecule has 0 saturated heterocycles. The Hall–Kier alpha value is -2.53. The Bertz CT molecular complexity index is 1050. The van der Waals surface area contributed by atoms with Crippen molar-refractivity contribution in [1.82, 2.24) is 4.57 Å². The second kappa shape index (κ2) is 4.74. The summed E-state index contributed by atoms with van der Waals surface area (Å²) in [5.74, 6) is 1.72. The van der Waals surface area contributed by atoms with Gasteiger partial charge in [-0.05, 0) is 24.6 Å². The number of aryl methyl sites for hydroxylation is 1. The van der Waals surface area contributed by atoms with Crippen LogP contribution in [0.5, 0.6) is 11.5 Å². The zero-order valence-electron chi connectivity index (χ0n) is 13.4. The summed E-state index contributed by atoms with van der Waals surface area (Å²) >= 11 is 1.63. The molecule has 3 heterocycles. The van der Waals surface area contributed by atoms with Gasteiger partial charge in [-0.2, -0.15) is 0 Å². The number of hydrogen-bond donors (Lipinski definition) is 0. The smallest absolute Gasteiger partial charge is 0.203 e. The molecule has 120 valence electrons. The minimum Gasteiger partial charge on any atom is -0.485 e. The van der Waals surface area contributed by atoms with Crippen molar-refractivity contribution in [3.05, 3.63) is 40.9 Å². The Morgan fingerprint density at radius 2 is 2.04 bits per heavy atom. The summed E-state index contributed by atoms with van der Waals surface area (Å²) in [6.45, 7) is 3.16. The first-order valence-electron chi connectivity index (χ1n) is 7.88. The van der Waals surface area contributed by atoms with Crippen LogP contribution in [0.2, 0.25) is 0 Å². The summed E-state index contributed by atoms with van der Waals surface area (Å²) in [7, 11) is 1.96. The lowest BCUT2D eigenvalue weighted by Gasteiger charge is -2.16. The van der Waals surface area contributed by atoms with Crippen LogP contribution in [0.25, 0.3) is 26.9 Å². The predicted molar refractivity (Wildman–Crippen MR) is 95.2 cm³/mol. The number of ketones is 1. The minimum atomic E-state index is 0.0833. The normalized spacial score (nSPS) is 15.8. The van der Waals surface area contributed by atoms with Crippen LogP contribution in [0.15, 0.2) is 29.7 Å². The van der Waals surface area contributed by atoms with Crippen molar-refractivity contribution in [2.45, 2.75) is 6.92 Å². The van der Waals surface area contributed by atoms with E-state index in [9.17, 15) is 4.79 Å². The second-order valence-electron chi connectivity index (χ2n) is 6.13. The number of thiophene rings is 1. The maximum Gasteiger partial charge on any atom is 0.203 e. The van der Waals surface area contributed by atoms with E-state index < -0.39 is 0 Å². The van der Waals surface area contributed by atoms with Gasteiger partial charge >= 0.3 is 0 Å². The van der Waals surface area contributed by atoms with E-state index >= 15 is 0 Å². The average molecular weight is 337 g/mol. The fourth-order valence-corrected chi connectivity index (χ4v) is 4.70. The Kier molecular flexibility index (Phi) is 2.74. The van der Waals surface area contributed by atoms with Crippen molar-refractivity contribution >= 4 is 33.6 Å². The van der Waals surface area contributed by atoms with Crippen molar-refractivity contribution in [3.8, 4) is 21.9 Å². The fourth-order valence-electron chi connectivity index (χ4n) is 3.74. The molecule has 2 aliphatic rings.